The van der Waals surface area contributed by atoms with Gasteiger partial charge >= 0.3 is 0 Å². The maximum atomic E-state index is 10.0. The van der Waals surface area contributed by atoms with Crippen molar-refractivity contribution in [3.8, 4) is 5.75 Å². The molecule has 0 aliphatic heterocycles. The van der Waals surface area contributed by atoms with E-state index in [9.17, 15) is 5.11 Å². The first kappa shape index (κ1) is 16.8. The van der Waals surface area contributed by atoms with Crippen molar-refractivity contribution in [2.75, 3.05) is 19.8 Å². The second-order valence-electron chi connectivity index (χ2n) is 5.58. The summed E-state index contributed by atoms with van der Waals surface area (Å²) in [6.45, 7) is 4.33. The van der Waals surface area contributed by atoms with Gasteiger partial charge in [-0.15, -0.1) is 6.58 Å². The quantitative estimate of drug-likeness (QED) is 0.388. The summed E-state index contributed by atoms with van der Waals surface area (Å²) in [5.41, 5.74) is 0. The Morgan fingerprint density at radius 1 is 1.04 bits per heavy atom. The lowest BCUT2D eigenvalue weighted by molar-refractivity contribution is 0.0220. The van der Waals surface area contributed by atoms with Gasteiger partial charge in [0, 0.05) is 15.8 Å². The first-order valence-electron chi connectivity index (χ1n) is 7.79. The second kappa shape index (κ2) is 7.67. The van der Waals surface area contributed by atoms with E-state index in [1.165, 1.54) is 0 Å². The van der Waals surface area contributed by atoms with E-state index in [1.807, 2.05) is 42.5 Å². The second-order valence-corrected chi connectivity index (χ2v) is 6.02. The van der Waals surface area contributed by atoms with Crippen molar-refractivity contribution in [1.29, 1.82) is 0 Å². The highest BCUT2D eigenvalue weighted by Crippen LogP contribution is 2.36. The van der Waals surface area contributed by atoms with Gasteiger partial charge in [-0.2, -0.15) is 0 Å². The summed E-state index contributed by atoms with van der Waals surface area (Å²) in [7, 11) is 0. The number of aliphatic hydroxyl groups is 1. The van der Waals surface area contributed by atoms with Crippen molar-refractivity contribution in [3.63, 3.8) is 0 Å². The van der Waals surface area contributed by atoms with Crippen LogP contribution < -0.4 is 4.74 Å². The number of aliphatic hydroxyl groups excluding tert-OH is 1. The SMILES string of the molecule is C=CCOCC(O)COc1c2ccccc2cc2ccc(Cl)cc12. The fourth-order valence-corrected chi connectivity index (χ4v) is 2.84. The van der Waals surface area contributed by atoms with E-state index in [-0.39, 0.29) is 13.2 Å². The van der Waals surface area contributed by atoms with Gasteiger partial charge in [-0.1, -0.05) is 48.0 Å². The van der Waals surface area contributed by atoms with Crippen LogP contribution in [0.2, 0.25) is 5.02 Å². The number of hydrogen-bond donors (Lipinski definition) is 1. The van der Waals surface area contributed by atoms with Crippen LogP contribution in [0.1, 0.15) is 0 Å². The largest absolute Gasteiger partial charge is 0.489 e. The van der Waals surface area contributed by atoms with Gasteiger partial charge in [-0.3, -0.25) is 0 Å². The molecule has 24 heavy (non-hydrogen) atoms. The smallest absolute Gasteiger partial charge is 0.135 e. The molecule has 0 radical (unpaired) electrons. The lowest BCUT2D eigenvalue weighted by atomic mass is 10.0. The molecule has 4 heteroatoms. The van der Waals surface area contributed by atoms with Gasteiger partial charge < -0.3 is 14.6 Å². The Morgan fingerprint density at radius 3 is 2.67 bits per heavy atom. The molecule has 0 saturated carbocycles. The normalized spacial score (nSPS) is 12.4. The molecule has 3 nitrogen and oxygen atoms in total. The minimum atomic E-state index is -0.710. The Balaban J connectivity index is 1.94. The first-order chi connectivity index (χ1) is 11.7. The molecule has 0 amide bonds. The van der Waals surface area contributed by atoms with Crippen LogP contribution in [0.3, 0.4) is 0 Å². The number of hydrogen-bond acceptors (Lipinski definition) is 3. The van der Waals surface area contributed by atoms with E-state index in [4.69, 9.17) is 21.1 Å². The Labute approximate surface area is 146 Å². The van der Waals surface area contributed by atoms with E-state index in [1.54, 1.807) is 6.08 Å². The van der Waals surface area contributed by atoms with Crippen LogP contribution in [0.5, 0.6) is 5.75 Å². The van der Waals surface area contributed by atoms with Crippen LogP contribution in [0.4, 0.5) is 0 Å². The molecule has 0 aliphatic carbocycles. The molecule has 1 unspecified atom stereocenters. The molecule has 0 bridgehead atoms. The summed E-state index contributed by atoms with van der Waals surface area (Å²) in [4.78, 5) is 0. The molecule has 3 rings (SSSR count). The maximum absolute atomic E-state index is 10.0. The zero-order chi connectivity index (χ0) is 16.9. The van der Waals surface area contributed by atoms with Crippen LogP contribution in [0.25, 0.3) is 21.5 Å². The number of benzene rings is 3. The standard InChI is InChI=1S/C20H19ClO3/c1-2-9-23-12-17(22)13-24-20-18-6-4-3-5-14(18)10-15-7-8-16(21)11-19(15)20/h2-8,10-11,17,22H,1,9,12-13H2. The van der Waals surface area contributed by atoms with E-state index in [2.05, 4.69) is 12.6 Å². The summed E-state index contributed by atoms with van der Waals surface area (Å²) in [6.07, 6.45) is 0.937. The van der Waals surface area contributed by atoms with Gasteiger partial charge in [0.15, 0.2) is 0 Å². The number of halogens is 1. The van der Waals surface area contributed by atoms with Crippen molar-refractivity contribution in [2.24, 2.45) is 0 Å². The lowest BCUT2D eigenvalue weighted by Crippen LogP contribution is -2.23. The van der Waals surface area contributed by atoms with Crippen LogP contribution in [-0.4, -0.2) is 31.0 Å². The van der Waals surface area contributed by atoms with Crippen molar-refractivity contribution in [3.05, 3.63) is 66.2 Å². The number of fused-ring (bicyclic) bond motifs is 2. The van der Waals surface area contributed by atoms with Gasteiger partial charge in [-0.05, 0) is 29.0 Å². The van der Waals surface area contributed by atoms with Gasteiger partial charge in [0.05, 0.1) is 13.2 Å². The summed E-state index contributed by atoms with van der Waals surface area (Å²) in [5.74, 6) is 0.730. The molecule has 124 valence electrons. The van der Waals surface area contributed by atoms with Crippen molar-refractivity contribution in [2.45, 2.75) is 6.10 Å². The van der Waals surface area contributed by atoms with E-state index < -0.39 is 6.10 Å². The number of rotatable bonds is 7. The summed E-state index contributed by atoms with van der Waals surface area (Å²) in [6, 6.07) is 15.8. The predicted molar refractivity (Wildman–Crippen MR) is 99.0 cm³/mol. The average molecular weight is 343 g/mol. The average Bonchev–Trinajstić information content (AvgIpc) is 2.59. The van der Waals surface area contributed by atoms with Crippen molar-refractivity contribution < 1.29 is 14.6 Å². The Morgan fingerprint density at radius 2 is 1.83 bits per heavy atom. The molecule has 3 aromatic rings. The fraction of sp³-hybridized carbons (Fsp3) is 0.200. The molecule has 0 aromatic heterocycles. The first-order valence-corrected chi connectivity index (χ1v) is 8.17. The third-order valence-corrected chi connectivity index (χ3v) is 3.98. The summed E-state index contributed by atoms with van der Waals surface area (Å²) in [5, 5.41) is 14.7. The third-order valence-electron chi connectivity index (χ3n) is 3.74. The Kier molecular flexibility index (Phi) is 5.36. The minimum absolute atomic E-state index is 0.146. The molecule has 0 saturated heterocycles. The zero-order valence-corrected chi connectivity index (χ0v) is 14.0. The van der Waals surface area contributed by atoms with Crippen LogP contribution in [-0.2, 0) is 4.74 Å². The maximum Gasteiger partial charge on any atom is 0.135 e. The van der Waals surface area contributed by atoms with E-state index >= 15 is 0 Å². The Bertz CT molecular complexity index is 860. The molecule has 0 aliphatic rings. The van der Waals surface area contributed by atoms with Crippen LogP contribution >= 0.6 is 11.6 Å². The highest BCUT2D eigenvalue weighted by Gasteiger charge is 2.12. The third kappa shape index (κ3) is 3.70. The van der Waals surface area contributed by atoms with Gasteiger partial charge in [0.2, 0.25) is 0 Å². The molecule has 1 atom stereocenters. The van der Waals surface area contributed by atoms with Gasteiger partial charge in [-0.25, -0.2) is 0 Å². The molecule has 0 heterocycles. The van der Waals surface area contributed by atoms with Gasteiger partial charge in [0.1, 0.15) is 18.5 Å². The molecule has 1 N–H and O–H groups in total. The zero-order valence-electron chi connectivity index (χ0n) is 13.2. The molecule has 0 spiro atoms. The monoisotopic (exact) mass is 342 g/mol. The fourth-order valence-electron chi connectivity index (χ4n) is 2.66. The van der Waals surface area contributed by atoms with Crippen molar-refractivity contribution >= 4 is 33.1 Å². The minimum Gasteiger partial charge on any atom is -0.489 e. The number of ether oxygens (including phenoxy) is 2. The summed E-state index contributed by atoms with van der Waals surface area (Å²) < 4.78 is 11.2. The van der Waals surface area contributed by atoms with Gasteiger partial charge in [0.25, 0.3) is 0 Å². The molecular weight excluding hydrogens is 324 g/mol. The highest BCUT2D eigenvalue weighted by molar-refractivity contribution is 6.31. The highest BCUT2D eigenvalue weighted by atomic mass is 35.5. The van der Waals surface area contributed by atoms with Crippen LogP contribution in [0, 0.1) is 0 Å². The van der Waals surface area contributed by atoms with Crippen LogP contribution in [0.15, 0.2) is 61.2 Å². The molecule has 0 fully saturated rings. The molecular formula is C20H19ClO3. The summed E-state index contributed by atoms with van der Waals surface area (Å²) >= 11 is 6.15. The van der Waals surface area contributed by atoms with E-state index in [0.29, 0.717) is 11.6 Å². The topological polar surface area (TPSA) is 38.7 Å². The van der Waals surface area contributed by atoms with E-state index in [0.717, 1.165) is 27.3 Å². The molecule has 3 aromatic carbocycles. The lowest BCUT2D eigenvalue weighted by Gasteiger charge is -2.16. The predicted octanol–water partition coefficient (Wildman–Crippen LogP) is 4.59. The Hall–Kier alpha value is -2.07. The van der Waals surface area contributed by atoms with Crippen molar-refractivity contribution in [1.82, 2.24) is 0 Å².